The fourth-order valence-corrected chi connectivity index (χ4v) is 2.41. The predicted octanol–water partition coefficient (Wildman–Crippen LogP) is 3.40. The molecule has 5 heteroatoms. The van der Waals surface area contributed by atoms with Crippen molar-refractivity contribution in [2.24, 2.45) is 0 Å². The Morgan fingerprint density at radius 1 is 1.35 bits per heavy atom. The average molecular weight is 304 g/mol. The zero-order valence-electron chi connectivity index (χ0n) is 9.32. The van der Waals surface area contributed by atoms with Gasteiger partial charge in [-0.25, -0.2) is 8.78 Å². The lowest BCUT2D eigenvalue weighted by Crippen LogP contribution is -2.51. The van der Waals surface area contributed by atoms with Crippen molar-refractivity contribution in [1.82, 2.24) is 5.32 Å². The number of nitrogens with one attached hydrogen (secondary N) is 1. The zero-order valence-corrected chi connectivity index (χ0v) is 10.9. The number of hydrogen-bond donors (Lipinski definition) is 1. The molecule has 1 amide bonds. The molecule has 0 saturated heterocycles. The van der Waals surface area contributed by atoms with Gasteiger partial charge >= 0.3 is 0 Å². The molecule has 0 aromatic heterocycles. The van der Waals surface area contributed by atoms with Crippen LogP contribution in [0, 0.1) is 11.6 Å². The minimum atomic E-state index is -0.723. The van der Waals surface area contributed by atoms with Gasteiger partial charge in [-0.2, -0.15) is 0 Å². The van der Waals surface area contributed by atoms with Gasteiger partial charge in [-0.05, 0) is 54.2 Å². The van der Waals surface area contributed by atoms with Crippen LogP contribution in [0.4, 0.5) is 8.78 Å². The van der Waals surface area contributed by atoms with Crippen molar-refractivity contribution in [3.63, 3.8) is 0 Å². The molecule has 1 aromatic carbocycles. The molecule has 1 aromatic rings. The standard InChI is InChI=1S/C12H12BrF2NO/c1-12(5-2-6-12)16-11(17)9-7(14)3-4-8(15)10(9)13/h3-4H,2,5-6H2,1H3,(H,16,17). The van der Waals surface area contributed by atoms with Crippen molar-refractivity contribution in [3.8, 4) is 0 Å². The smallest absolute Gasteiger partial charge is 0.255 e. The molecule has 0 unspecified atom stereocenters. The summed E-state index contributed by atoms with van der Waals surface area (Å²) >= 11 is 2.90. The molecule has 0 heterocycles. The largest absolute Gasteiger partial charge is 0.347 e. The summed E-state index contributed by atoms with van der Waals surface area (Å²) in [4.78, 5) is 11.9. The summed E-state index contributed by atoms with van der Waals surface area (Å²) in [6.45, 7) is 1.90. The van der Waals surface area contributed by atoms with Gasteiger partial charge in [-0.1, -0.05) is 0 Å². The number of hydrogen-bond acceptors (Lipinski definition) is 1. The fraction of sp³-hybridized carbons (Fsp3) is 0.417. The van der Waals surface area contributed by atoms with Crippen LogP contribution in [0.2, 0.25) is 0 Å². The summed E-state index contributed by atoms with van der Waals surface area (Å²) in [7, 11) is 0. The monoisotopic (exact) mass is 303 g/mol. The second-order valence-corrected chi connectivity index (χ2v) is 5.38. The van der Waals surface area contributed by atoms with Crippen LogP contribution in [0.5, 0.6) is 0 Å². The maximum atomic E-state index is 13.5. The normalized spacial score (nSPS) is 17.4. The molecular weight excluding hydrogens is 292 g/mol. The Balaban J connectivity index is 2.27. The van der Waals surface area contributed by atoms with E-state index in [0.717, 1.165) is 31.4 Å². The number of benzene rings is 1. The highest BCUT2D eigenvalue weighted by Gasteiger charge is 2.34. The molecule has 2 rings (SSSR count). The lowest BCUT2D eigenvalue weighted by molar-refractivity contribution is 0.0845. The van der Waals surface area contributed by atoms with E-state index in [0.29, 0.717) is 0 Å². The maximum absolute atomic E-state index is 13.5. The zero-order chi connectivity index (χ0) is 12.6. The molecule has 0 atom stereocenters. The Kier molecular flexibility index (Phi) is 3.21. The van der Waals surface area contributed by atoms with Crippen LogP contribution in [0.3, 0.4) is 0 Å². The van der Waals surface area contributed by atoms with E-state index in [4.69, 9.17) is 0 Å². The van der Waals surface area contributed by atoms with Gasteiger partial charge in [-0.15, -0.1) is 0 Å². The van der Waals surface area contributed by atoms with Crippen LogP contribution >= 0.6 is 15.9 Å². The first-order valence-corrected chi connectivity index (χ1v) is 6.18. The molecule has 92 valence electrons. The summed E-state index contributed by atoms with van der Waals surface area (Å²) in [6, 6.07) is 1.94. The summed E-state index contributed by atoms with van der Waals surface area (Å²) in [6.07, 6.45) is 2.78. The third kappa shape index (κ3) is 2.34. The minimum absolute atomic E-state index is 0.127. The van der Waals surface area contributed by atoms with E-state index in [2.05, 4.69) is 21.2 Å². The lowest BCUT2D eigenvalue weighted by Gasteiger charge is -2.39. The SMILES string of the molecule is CC1(NC(=O)c2c(F)ccc(F)c2Br)CCC1. The van der Waals surface area contributed by atoms with E-state index < -0.39 is 17.5 Å². The summed E-state index contributed by atoms with van der Waals surface area (Å²) in [5, 5.41) is 2.74. The van der Waals surface area contributed by atoms with E-state index >= 15 is 0 Å². The van der Waals surface area contributed by atoms with Gasteiger partial charge in [0.1, 0.15) is 11.6 Å². The first kappa shape index (κ1) is 12.5. The Morgan fingerprint density at radius 3 is 2.47 bits per heavy atom. The van der Waals surface area contributed by atoms with Crippen LogP contribution in [-0.2, 0) is 0 Å². The molecule has 0 bridgehead atoms. The summed E-state index contributed by atoms with van der Waals surface area (Å²) < 4.78 is 26.6. The van der Waals surface area contributed by atoms with E-state index in [1.807, 2.05) is 6.92 Å². The molecule has 1 aliphatic rings. The highest BCUT2D eigenvalue weighted by molar-refractivity contribution is 9.10. The second kappa shape index (κ2) is 4.37. The Labute approximate surface area is 107 Å². The van der Waals surface area contributed by atoms with E-state index in [1.54, 1.807) is 0 Å². The van der Waals surface area contributed by atoms with Crippen LogP contribution in [-0.4, -0.2) is 11.4 Å². The molecule has 1 saturated carbocycles. The highest BCUT2D eigenvalue weighted by atomic mass is 79.9. The highest BCUT2D eigenvalue weighted by Crippen LogP contribution is 2.32. The molecule has 17 heavy (non-hydrogen) atoms. The number of rotatable bonds is 2. The van der Waals surface area contributed by atoms with E-state index in [-0.39, 0.29) is 15.6 Å². The first-order chi connectivity index (χ1) is 7.93. The third-order valence-corrected chi connectivity index (χ3v) is 3.92. The summed E-state index contributed by atoms with van der Waals surface area (Å²) in [5.41, 5.74) is -0.548. The van der Waals surface area contributed by atoms with Crippen molar-refractivity contribution < 1.29 is 13.6 Å². The molecule has 0 aliphatic heterocycles. The molecule has 2 nitrogen and oxygen atoms in total. The van der Waals surface area contributed by atoms with Crippen molar-refractivity contribution >= 4 is 21.8 Å². The number of halogens is 3. The van der Waals surface area contributed by atoms with Crippen LogP contribution in [0.1, 0.15) is 36.5 Å². The molecule has 1 aliphatic carbocycles. The van der Waals surface area contributed by atoms with Crippen molar-refractivity contribution in [1.29, 1.82) is 0 Å². The van der Waals surface area contributed by atoms with Gasteiger partial charge in [0.05, 0.1) is 10.0 Å². The molecule has 1 N–H and O–H groups in total. The average Bonchev–Trinajstić information content (AvgIpc) is 2.22. The molecular formula is C12H12BrF2NO. The van der Waals surface area contributed by atoms with Gasteiger partial charge < -0.3 is 5.32 Å². The van der Waals surface area contributed by atoms with Gasteiger partial charge in [0.2, 0.25) is 0 Å². The predicted molar refractivity (Wildman–Crippen MR) is 63.8 cm³/mol. The first-order valence-electron chi connectivity index (χ1n) is 5.39. The maximum Gasteiger partial charge on any atom is 0.255 e. The van der Waals surface area contributed by atoms with E-state index in [1.165, 1.54) is 0 Å². The van der Waals surface area contributed by atoms with Crippen LogP contribution < -0.4 is 5.32 Å². The lowest BCUT2D eigenvalue weighted by atomic mass is 9.78. The van der Waals surface area contributed by atoms with Crippen LogP contribution in [0.25, 0.3) is 0 Å². The Bertz CT molecular complexity index is 472. The molecule has 1 fully saturated rings. The fourth-order valence-electron chi connectivity index (χ4n) is 1.90. The number of carbonyl (C=O) groups excluding carboxylic acids is 1. The third-order valence-electron chi connectivity index (χ3n) is 3.14. The van der Waals surface area contributed by atoms with Gasteiger partial charge in [0.15, 0.2) is 0 Å². The minimum Gasteiger partial charge on any atom is -0.347 e. The van der Waals surface area contributed by atoms with Crippen molar-refractivity contribution in [2.45, 2.75) is 31.7 Å². The quantitative estimate of drug-likeness (QED) is 0.834. The number of amides is 1. The van der Waals surface area contributed by atoms with Gasteiger partial charge in [0.25, 0.3) is 5.91 Å². The Morgan fingerprint density at radius 2 is 1.94 bits per heavy atom. The number of carbonyl (C=O) groups is 1. The molecule has 0 radical (unpaired) electrons. The van der Waals surface area contributed by atoms with Crippen molar-refractivity contribution in [3.05, 3.63) is 33.8 Å². The van der Waals surface area contributed by atoms with Gasteiger partial charge in [-0.3, -0.25) is 4.79 Å². The second-order valence-electron chi connectivity index (χ2n) is 4.59. The topological polar surface area (TPSA) is 29.1 Å². The molecule has 0 spiro atoms. The van der Waals surface area contributed by atoms with Crippen LogP contribution in [0.15, 0.2) is 16.6 Å². The Hall–Kier alpha value is -0.970. The van der Waals surface area contributed by atoms with Crippen molar-refractivity contribution in [2.75, 3.05) is 0 Å². The van der Waals surface area contributed by atoms with E-state index in [9.17, 15) is 13.6 Å². The summed E-state index contributed by atoms with van der Waals surface area (Å²) in [5.74, 6) is -1.94. The van der Waals surface area contributed by atoms with Gasteiger partial charge in [0, 0.05) is 5.54 Å².